The van der Waals surface area contributed by atoms with Crippen molar-refractivity contribution in [3.8, 4) is 0 Å². The van der Waals surface area contributed by atoms with Crippen LogP contribution in [0.4, 0.5) is 0 Å². The van der Waals surface area contributed by atoms with Gasteiger partial charge in [0.15, 0.2) is 0 Å². The molecule has 6 nitrogen and oxygen atoms in total. The van der Waals surface area contributed by atoms with Crippen LogP contribution in [-0.2, 0) is 11.3 Å². The summed E-state index contributed by atoms with van der Waals surface area (Å²) in [5.41, 5.74) is 7.00. The lowest BCUT2D eigenvalue weighted by molar-refractivity contribution is -0.123. The van der Waals surface area contributed by atoms with Gasteiger partial charge in [0, 0.05) is 19.5 Å². The summed E-state index contributed by atoms with van der Waals surface area (Å²) in [7, 11) is 0. The quantitative estimate of drug-likeness (QED) is 0.809. The fourth-order valence-corrected chi connectivity index (χ4v) is 2.84. The van der Waals surface area contributed by atoms with Crippen LogP contribution in [0, 0.1) is 6.92 Å². The number of hydrogen-bond donors (Lipinski definition) is 2. The number of carbonyl (C=O) groups is 1. The minimum absolute atomic E-state index is 0.0969. The van der Waals surface area contributed by atoms with Gasteiger partial charge in [-0.1, -0.05) is 26.0 Å². The summed E-state index contributed by atoms with van der Waals surface area (Å²) in [6.45, 7) is 6.65. The molecule has 0 unspecified atom stereocenters. The highest BCUT2D eigenvalue weighted by Crippen LogP contribution is 2.14. The maximum atomic E-state index is 12.5. The van der Waals surface area contributed by atoms with Crippen LogP contribution in [0.2, 0.25) is 0 Å². The molecular weight excluding hydrogens is 304 g/mol. The van der Waals surface area contributed by atoms with E-state index in [9.17, 15) is 9.59 Å². The summed E-state index contributed by atoms with van der Waals surface area (Å²) < 4.78 is 1.49. The lowest BCUT2D eigenvalue weighted by Crippen LogP contribution is -2.53. The van der Waals surface area contributed by atoms with Gasteiger partial charge in [0.1, 0.15) is 0 Å². The summed E-state index contributed by atoms with van der Waals surface area (Å²) in [6.07, 6.45) is 3.30. The Kier molecular flexibility index (Phi) is 5.72. The van der Waals surface area contributed by atoms with Gasteiger partial charge in [-0.2, -0.15) is 0 Å². The highest BCUT2D eigenvalue weighted by atomic mass is 16.2. The van der Waals surface area contributed by atoms with Gasteiger partial charge >= 0.3 is 0 Å². The number of hydrogen-bond acceptors (Lipinski definition) is 4. The molecule has 0 spiro atoms. The number of para-hydroxylation sites is 1. The van der Waals surface area contributed by atoms with E-state index in [-0.39, 0.29) is 23.4 Å². The van der Waals surface area contributed by atoms with Crippen molar-refractivity contribution >= 4 is 16.8 Å². The summed E-state index contributed by atoms with van der Waals surface area (Å²) >= 11 is 0. The summed E-state index contributed by atoms with van der Waals surface area (Å²) in [5, 5.41) is 3.60. The molecule has 1 amide bonds. The first-order valence-corrected chi connectivity index (χ1v) is 8.42. The molecular formula is C18H26N4O2. The van der Waals surface area contributed by atoms with Gasteiger partial charge in [-0.25, -0.2) is 4.98 Å². The monoisotopic (exact) mass is 330 g/mol. The van der Waals surface area contributed by atoms with Gasteiger partial charge < -0.3 is 11.1 Å². The first-order chi connectivity index (χ1) is 11.5. The lowest BCUT2D eigenvalue weighted by Gasteiger charge is -2.31. The number of aromatic nitrogens is 2. The molecule has 1 heterocycles. The number of aryl methyl sites for hydroxylation is 2. The van der Waals surface area contributed by atoms with Crippen LogP contribution in [-0.4, -0.2) is 27.5 Å². The predicted octanol–water partition coefficient (Wildman–Crippen LogP) is 1.73. The number of nitrogens with zero attached hydrogens (tertiary/aromatic N) is 2. The van der Waals surface area contributed by atoms with E-state index in [2.05, 4.69) is 10.3 Å². The zero-order valence-corrected chi connectivity index (χ0v) is 14.6. The fraction of sp³-hybridized carbons (Fsp3) is 0.500. The molecule has 0 fully saturated rings. The first kappa shape index (κ1) is 18.1. The number of nitrogens with one attached hydrogen (secondary N) is 1. The van der Waals surface area contributed by atoms with E-state index in [0.29, 0.717) is 24.0 Å². The van der Waals surface area contributed by atoms with Crippen LogP contribution >= 0.6 is 0 Å². The van der Waals surface area contributed by atoms with E-state index in [1.54, 1.807) is 6.07 Å². The van der Waals surface area contributed by atoms with Crippen molar-refractivity contribution in [1.82, 2.24) is 14.9 Å². The lowest BCUT2D eigenvalue weighted by atomic mass is 9.93. The van der Waals surface area contributed by atoms with E-state index in [1.807, 2.05) is 32.9 Å². The molecule has 0 aliphatic carbocycles. The van der Waals surface area contributed by atoms with Gasteiger partial charge in [-0.3, -0.25) is 14.2 Å². The molecule has 0 aliphatic rings. The normalized spacial score (nSPS) is 11.7. The van der Waals surface area contributed by atoms with E-state index < -0.39 is 0 Å². The smallest absolute Gasteiger partial charge is 0.261 e. The zero-order chi connectivity index (χ0) is 17.7. The Balaban J connectivity index is 2.12. The predicted molar refractivity (Wildman–Crippen MR) is 95.9 cm³/mol. The summed E-state index contributed by atoms with van der Waals surface area (Å²) in [4.78, 5) is 29.1. The van der Waals surface area contributed by atoms with Crippen LogP contribution in [0.25, 0.3) is 10.9 Å². The number of rotatable bonds is 7. The average molecular weight is 330 g/mol. The van der Waals surface area contributed by atoms with Crippen LogP contribution in [0.15, 0.2) is 29.3 Å². The van der Waals surface area contributed by atoms with Gasteiger partial charge in [-0.05, 0) is 31.4 Å². The Bertz CT molecular complexity index is 770. The van der Waals surface area contributed by atoms with Crippen molar-refractivity contribution in [3.63, 3.8) is 0 Å². The molecule has 2 aromatic rings. The Labute approximate surface area is 142 Å². The van der Waals surface area contributed by atoms with Crippen LogP contribution in [0.3, 0.4) is 0 Å². The molecule has 0 radical (unpaired) electrons. The topological polar surface area (TPSA) is 90.0 Å². The van der Waals surface area contributed by atoms with Gasteiger partial charge in [-0.15, -0.1) is 0 Å². The van der Waals surface area contributed by atoms with Crippen molar-refractivity contribution in [2.45, 2.75) is 52.1 Å². The van der Waals surface area contributed by atoms with E-state index >= 15 is 0 Å². The van der Waals surface area contributed by atoms with Crippen molar-refractivity contribution in [2.24, 2.45) is 5.73 Å². The largest absolute Gasteiger partial charge is 0.349 e. The summed E-state index contributed by atoms with van der Waals surface area (Å²) in [5.74, 6) is -0.0969. The number of nitrogens with two attached hydrogens (primary N) is 1. The van der Waals surface area contributed by atoms with E-state index in [1.165, 1.54) is 10.9 Å². The van der Waals surface area contributed by atoms with E-state index in [0.717, 1.165) is 18.4 Å². The standard InChI is InChI=1S/C18H26N4O2/c1-4-18(5-2,11-19)21-15(23)9-10-22-12-20-16-13(3)7-6-8-14(16)17(22)24/h6-8,12H,4-5,9-11,19H2,1-3H3,(H,21,23). The van der Waals surface area contributed by atoms with Gasteiger partial charge in [0.05, 0.1) is 22.8 Å². The zero-order valence-electron chi connectivity index (χ0n) is 14.6. The molecule has 2 rings (SSSR count). The minimum Gasteiger partial charge on any atom is -0.349 e. The van der Waals surface area contributed by atoms with Gasteiger partial charge in [0.25, 0.3) is 5.56 Å². The molecule has 1 aromatic heterocycles. The third-order valence-corrected chi connectivity index (χ3v) is 4.78. The molecule has 0 atom stereocenters. The SMILES string of the molecule is CCC(CC)(CN)NC(=O)CCn1cnc2c(C)cccc2c1=O. The number of fused-ring (bicyclic) bond motifs is 1. The maximum absolute atomic E-state index is 12.5. The van der Waals surface area contributed by atoms with Crippen molar-refractivity contribution in [2.75, 3.05) is 6.54 Å². The highest BCUT2D eigenvalue weighted by molar-refractivity contribution is 5.80. The van der Waals surface area contributed by atoms with Crippen molar-refractivity contribution in [1.29, 1.82) is 0 Å². The molecule has 1 aromatic carbocycles. The molecule has 0 saturated heterocycles. The maximum Gasteiger partial charge on any atom is 0.261 e. The number of amides is 1. The van der Waals surface area contributed by atoms with Crippen LogP contribution in [0.5, 0.6) is 0 Å². The first-order valence-electron chi connectivity index (χ1n) is 8.42. The van der Waals surface area contributed by atoms with Crippen molar-refractivity contribution < 1.29 is 4.79 Å². The molecule has 0 bridgehead atoms. The molecule has 24 heavy (non-hydrogen) atoms. The minimum atomic E-state index is -0.360. The Hall–Kier alpha value is -2.21. The van der Waals surface area contributed by atoms with Gasteiger partial charge in [0.2, 0.25) is 5.91 Å². The second-order valence-corrected chi connectivity index (χ2v) is 6.20. The third kappa shape index (κ3) is 3.64. The van der Waals surface area contributed by atoms with E-state index in [4.69, 9.17) is 5.73 Å². The Morgan fingerprint density at radius 1 is 1.33 bits per heavy atom. The molecule has 0 saturated carbocycles. The molecule has 130 valence electrons. The Morgan fingerprint density at radius 2 is 2.04 bits per heavy atom. The fourth-order valence-electron chi connectivity index (χ4n) is 2.84. The van der Waals surface area contributed by atoms with Crippen LogP contribution < -0.4 is 16.6 Å². The molecule has 6 heteroatoms. The van der Waals surface area contributed by atoms with Crippen molar-refractivity contribution in [3.05, 3.63) is 40.4 Å². The summed E-state index contributed by atoms with van der Waals surface area (Å²) in [6, 6.07) is 5.53. The van der Waals surface area contributed by atoms with Crippen LogP contribution in [0.1, 0.15) is 38.7 Å². The average Bonchev–Trinajstić information content (AvgIpc) is 2.60. The Morgan fingerprint density at radius 3 is 2.67 bits per heavy atom. The molecule has 0 aliphatic heterocycles. The molecule has 3 N–H and O–H groups in total. The highest BCUT2D eigenvalue weighted by Gasteiger charge is 2.26. The second kappa shape index (κ2) is 7.57. The number of carbonyl (C=O) groups excluding carboxylic acids is 1. The second-order valence-electron chi connectivity index (χ2n) is 6.20. The number of benzene rings is 1. The third-order valence-electron chi connectivity index (χ3n) is 4.78.